The van der Waals surface area contributed by atoms with Gasteiger partial charge in [-0.1, -0.05) is 29.4 Å². The van der Waals surface area contributed by atoms with Crippen molar-refractivity contribution in [1.82, 2.24) is 5.32 Å². The molecule has 0 spiro atoms. The van der Waals surface area contributed by atoms with Gasteiger partial charge in [-0.25, -0.2) is 0 Å². The quantitative estimate of drug-likeness (QED) is 0.198. The van der Waals surface area contributed by atoms with E-state index < -0.39 is 12.4 Å². The number of hydrogen-bond acceptors (Lipinski definition) is 4. The van der Waals surface area contributed by atoms with E-state index in [0.717, 1.165) is 0 Å². The predicted octanol–water partition coefficient (Wildman–Crippen LogP) is 4.90. The Morgan fingerprint density at radius 3 is 2.68 bits per heavy atom. The van der Waals surface area contributed by atoms with Crippen molar-refractivity contribution < 1.29 is 17.9 Å². The summed E-state index contributed by atoms with van der Waals surface area (Å²) in [5.74, 6) is -0.382. The van der Waals surface area contributed by atoms with Crippen LogP contribution in [0.25, 0.3) is 10.4 Å². The number of nitrogens with zero attached hydrogens (tertiary/aromatic N) is 3. The van der Waals surface area contributed by atoms with E-state index in [1.54, 1.807) is 30.3 Å². The van der Waals surface area contributed by atoms with Gasteiger partial charge in [-0.05, 0) is 54.0 Å². The first-order chi connectivity index (χ1) is 13.3. The number of thiocarbonyl (C=S) groups is 1. The number of benzene rings is 2. The summed E-state index contributed by atoms with van der Waals surface area (Å²) in [5, 5.41) is 9.84. The summed E-state index contributed by atoms with van der Waals surface area (Å²) in [6.45, 7) is 0.312. The molecule has 2 aromatic rings. The normalized spacial score (nSPS) is 11.8. The molecule has 0 fully saturated rings. The number of ether oxygens (including phenoxy) is 1. The van der Waals surface area contributed by atoms with Crippen LogP contribution in [0.3, 0.4) is 0 Å². The smallest absolute Gasteiger partial charge is 0.406 e. The molecule has 0 unspecified atom stereocenters. The standard InChI is InChI=1S/C17H17F3N6OS/c18-17(19,20)27-12-5-3-4-11(10-12)14(25-26-22)8-9-23-16(28)24-15-7-2-1-6-13(15)21/h1-7,10,14H,8-9,21H2,(H2,23,24,28)/t14-/m1/s1. The highest BCUT2D eigenvalue weighted by Gasteiger charge is 2.31. The Kier molecular flexibility index (Phi) is 7.30. The van der Waals surface area contributed by atoms with E-state index in [4.69, 9.17) is 23.5 Å². The lowest BCUT2D eigenvalue weighted by Gasteiger charge is -2.16. The third kappa shape index (κ3) is 6.86. The van der Waals surface area contributed by atoms with Crippen molar-refractivity contribution in [2.24, 2.45) is 5.11 Å². The molecule has 28 heavy (non-hydrogen) atoms. The minimum atomic E-state index is -4.80. The molecule has 0 radical (unpaired) electrons. The minimum absolute atomic E-state index is 0.297. The van der Waals surface area contributed by atoms with Crippen molar-refractivity contribution in [2.45, 2.75) is 18.8 Å². The van der Waals surface area contributed by atoms with E-state index in [-0.39, 0.29) is 5.75 Å². The molecular formula is C17H17F3N6OS. The first-order valence-electron chi connectivity index (χ1n) is 8.08. The molecule has 2 rings (SSSR count). The largest absolute Gasteiger partial charge is 0.573 e. The predicted molar refractivity (Wildman–Crippen MR) is 105 cm³/mol. The molecule has 4 N–H and O–H groups in total. The van der Waals surface area contributed by atoms with Gasteiger partial charge in [0.25, 0.3) is 0 Å². The maximum Gasteiger partial charge on any atom is 0.573 e. The molecule has 7 nitrogen and oxygen atoms in total. The fraction of sp³-hybridized carbons (Fsp3) is 0.235. The Morgan fingerprint density at radius 1 is 1.25 bits per heavy atom. The van der Waals surface area contributed by atoms with E-state index in [1.807, 2.05) is 0 Å². The van der Waals surface area contributed by atoms with Crippen LogP contribution in [0.4, 0.5) is 24.5 Å². The Labute approximate surface area is 164 Å². The number of nitrogen functional groups attached to an aromatic ring is 1. The van der Waals surface area contributed by atoms with Crippen molar-refractivity contribution in [1.29, 1.82) is 0 Å². The van der Waals surface area contributed by atoms with Crippen LogP contribution < -0.4 is 21.1 Å². The molecule has 0 aromatic heterocycles. The molecule has 148 valence electrons. The molecule has 2 aromatic carbocycles. The summed E-state index contributed by atoms with van der Waals surface area (Å²) in [5.41, 5.74) is 16.2. The first-order valence-corrected chi connectivity index (χ1v) is 8.48. The van der Waals surface area contributed by atoms with Gasteiger partial charge in [0.05, 0.1) is 17.4 Å². The van der Waals surface area contributed by atoms with Gasteiger partial charge in [0.15, 0.2) is 5.11 Å². The maximum atomic E-state index is 12.4. The Morgan fingerprint density at radius 2 is 2.00 bits per heavy atom. The Balaban J connectivity index is 1.96. The van der Waals surface area contributed by atoms with Crippen molar-refractivity contribution in [3.05, 3.63) is 64.5 Å². The van der Waals surface area contributed by atoms with Gasteiger partial charge in [-0.2, -0.15) is 0 Å². The molecule has 0 saturated heterocycles. The summed E-state index contributed by atoms with van der Waals surface area (Å²) in [6, 6.07) is 11.7. The molecule has 0 heterocycles. The van der Waals surface area contributed by atoms with Crippen LogP contribution in [0.15, 0.2) is 53.6 Å². The van der Waals surface area contributed by atoms with Crippen LogP contribution in [0, 0.1) is 0 Å². The van der Waals surface area contributed by atoms with Crippen LogP contribution in [0.2, 0.25) is 0 Å². The molecule has 0 amide bonds. The van der Waals surface area contributed by atoms with Gasteiger partial charge < -0.3 is 21.1 Å². The zero-order chi connectivity index (χ0) is 20.6. The lowest BCUT2D eigenvalue weighted by Crippen LogP contribution is -2.30. The zero-order valence-corrected chi connectivity index (χ0v) is 15.3. The highest BCUT2D eigenvalue weighted by Crippen LogP contribution is 2.28. The van der Waals surface area contributed by atoms with Crippen molar-refractivity contribution in [3.63, 3.8) is 0 Å². The number of para-hydroxylation sites is 2. The van der Waals surface area contributed by atoms with E-state index >= 15 is 0 Å². The summed E-state index contributed by atoms with van der Waals surface area (Å²) in [4.78, 5) is 2.76. The number of halogens is 3. The Bertz CT molecular complexity index is 870. The lowest BCUT2D eigenvalue weighted by atomic mass is 10.0. The maximum absolute atomic E-state index is 12.4. The third-order valence-corrected chi connectivity index (χ3v) is 3.83. The first kappa shape index (κ1) is 21.1. The number of rotatable bonds is 7. The number of nitrogens with one attached hydrogen (secondary N) is 2. The number of alkyl halides is 3. The second kappa shape index (κ2) is 9.67. The molecule has 0 aliphatic carbocycles. The van der Waals surface area contributed by atoms with Gasteiger partial charge in [0.1, 0.15) is 5.75 Å². The number of nitrogens with two attached hydrogens (primary N) is 1. The van der Waals surface area contributed by atoms with E-state index in [2.05, 4.69) is 25.4 Å². The topological polar surface area (TPSA) is 108 Å². The van der Waals surface area contributed by atoms with Gasteiger partial charge in [0.2, 0.25) is 0 Å². The minimum Gasteiger partial charge on any atom is -0.406 e. The highest BCUT2D eigenvalue weighted by atomic mass is 32.1. The Hall–Kier alpha value is -3.17. The fourth-order valence-electron chi connectivity index (χ4n) is 2.37. The van der Waals surface area contributed by atoms with E-state index in [9.17, 15) is 13.2 Å². The molecular weight excluding hydrogens is 393 g/mol. The molecule has 0 bridgehead atoms. The molecule has 0 saturated carbocycles. The van der Waals surface area contributed by atoms with E-state index in [1.165, 1.54) is 18.2 Å². The van der Waals surface area contributed by atoms with Crippen molar-refractivity contribution >= 4 is 28.7 Å². The SMILES string of the molecule is [N-]=[N+]=N[C@H](CCNC(=S)Nc1ccccc1N)c1cccc(OC(F)(F)F)c1. The summed E-state index contributed by atoms with van der Waals surface area (Å²) in [6.07, 6.45) is -4.50. The summed E-state index contributed by atoms with van der Waals surface area (Å²) >= 11 is 5.18. The van der Waals surface area contributed by atoms with E-state index in [0.29, 0.717) is 35.0 Å². The highest BCUT2D eigenvalue weighted by molar-refractivity contribution is 7.80. The molecule has 0 aliphatic rings. The van der Waals surface area contributed by atoms with Crippen LogP contribution in [0.5, 0.6) is 5.75 Å². The van der Waals surface area contributed by atoms with Crippen LogP contribution in [0.1, 0.15) is 18.0 Å². The van der Waals surface area contributed by atoms with Crippen molar-refractivity contribution in [3.8, 4) is 5.75 Å². The summed E-state index contributed by atoms with van der Waals surface area (Å²) in [7, 11) is 0. The monoisotopic (exact) mass is 410 g/mol. The summed E-state index contributed by atoms with van der Waals surface area (Å²) < 4.78 is 41.0. The molecule has 1 atom stereocenters. The number of hydrogen-bond donors (Lipinski definition) is 3. The number of azide groups is 1. The fourth-order valence-corrected chi connectivity index (χ4v) is 2.58. The third-order valence-electron chi connectivity index (χ3n) is 3.58. The van der Waals surface area contributed by atoms with Gasteiger partial charge in [0, 0.05) is 11.5 Å². The van der Waals surface area contributed by atoms with Gasteiger partial charge >= 0.3 is 6.36 Å². The molecule has 11 heteroatoms. The van der Waals surface area contributed by atoms with Crippen LogP contribution >= 0.6 is 12.2 Å². The van der Waals surface area contributed by atoms with Crippen molar-refractivity contribution in [2.75, 3.05) is 17.6 Å². The zero-order valence-electron chi connectivity index (χ0n) is 14.5. The second-order valence-electron chi connectivity index (χ2n) is 5.60. The lowest BCUT2D eigenvalue weighted by molar-refractivity contribution is -0.274. The van der Waals surface area contributed by atoms with Gasteiger partial charge in [-0.15, -0.1) is 13.2 Å². The van der Waals surface area contributed by atoms with Crippen LogP contribution in [-0.2, 0) is 0 Å². The molecule has 0 aliphatic heterocycles. The average Bonchev–Trinajstić information content (AvgIpc) is 2.62. The number of anilines is 2. The second-order valence-corrected chi connectivity index (χ2v) is 6.01. The van der Waals surface area contributed by atoms with Crippen LogP contribution in [-0.4, -0.2) is 18.0 Å². The average molecular weight is 410 g/mol. The van der Waals surface area contributed by atoms with Gasteiger partial charge in [-0.3, -0.25) is 0 Å².